The number of rotatable bonds is 15. The fourth-order valence-corrected chi connectivity index (χ4v) is 4.12. The van der Waals surface area contributed by atoms with E-state index in [1.807, 2.05) is 26.8 Å². The summed E-state index contributed by atoms with van der Waals surface area (Å²) >= 11 is 0. The molecule has 2 aromatic rings. The zero-order valence-electron chi connectivity index (χ0n) is 23.6. The molecule has 0 radical (unpaired) electrons. The lowest BCUT2D eigenvalue weighted by molar-refractivity contribution is -0.142. The molecule has 0 heterocycles. The second-order valence-electron chi connectivity index (χ2n) is 10.3. The van der Waals surface area contributed by atoms with E-state index in [4.69, 9.17) is 5.73 Å². The van der Waals surface area contributed by atoms with Crippen LogP contribution in [-0.2, 0) is 32.0 Å². The van der Waals surface area contributed by atoms with Crippen LogP contribution in [0.3, 0.4) is 0 Å². The Balaban J connectivity index is 2.26. The van der Waals surface area contributed by atoms with Crippen molar-refractivity contribution in [3.63, 3.8) is 0 Å². The average molecular weight is 555 g/mol. The van der Waals surface area contributed by atoms with Crippen molar-refractivity contribution in [3.8, 4) is 5.75 Å². The molecular weight excluding hydrogens is 512 g/mol. The highest BCUT2D eigenvalue weighted by atomic mass is 16.4. The fourth-order valence-electron chi connectivity index (χ4n) is 4.12. The number of benzene rings is 2. The summed E-state index contributed by atoms with van der Waals surface area (Å²) in [5.74, 6) is -3.31. The summed E-state index contributed by atoms with van der Waals surface area (Å²) in [6.45, 7) is 7.40. The molecule has 0 saturated carbocycles. The predicted octanol–water partition coefficient (Wildman–Crippen LogP) is 2.14. The van der Waals surface area contributed by atoms with Gasteiger partial charge < -0.3 is 31.9 Å². The molecule has 0 aromatic heterocycles. The minimum absolute atomic E-state index is 0.0598. The number of phenolic OH excluding ortho intramolecular Hbond substituents is 1. The molecule has 0 aliphatic heterocycles. The number of carbonyl (C=O) groups is 4. The Kier molecular flexibility index (Phi) is 12.6. The summed E-state index contributed by atoms with van der Waals surface area (Å²) in [7, 11) is 0. The lowest BCUT2D eigenvalue weighted by atomic mass is 9.95. The first-order chi connectivity index (χ1) is 19.0. The van der Waals surface area contributed by atoms with Crippen LogP contribution >= 0.6 is 0 Å². The van der Waals surface area contributed by atoms with Crippen LogP contribution in [0.1, 0.15) is 51.7 Å². The number of amides is 3. The molecule has 6 unspecified atom stereocenters. The summed E-state index contributed by atoms with van der Waals surface area (Å²) in [4.78, 5) is 51.7. The summed E-state index contributed by atoms with van der Waals surface area (Å²) in [5, 5.41) is 27.4. The molecule has 6 atom stereocenters. The van der Waals surface area contributed by atoms with Gasteiger partial charge in [0.05, 0.1) is 6.04 Å². The van der Waals surface area contributed by atoms with Crippen molar-refractivity contribution < 1.29 is 29.4 Å². The van der Waals surface area contributed by atoms with Crippen molar-refractivity contribution in [1.29, 1.82) is 0 Å². The molecule has 2 aromatic carbocycles. The van der Waals surface area contributed by atoms with Gasteiger partial charge in [0.25, 0.3) is 0 Å². The second-order valence-corrected chi connectivity index (χ2v) is 10.3. The number of aliphatic carboxylic acids is 1. The van der Waals surface area contributed by atoms with Gasteiger partial charge in [-0.1, -0.05) is 83.0 Å². The van der Waals surface area contributed by atoms with Crippen LogP contribution < -0.4 is 21.7 Å². The largest absolute Gasteiger partial charge is 0.508 e. The minimum atomic E-state index is -1.20. The molecule has 218 valence electrons. The van der Waals surface area contributed by atoms with Gasteiger partial charge in [0.2, 0.25) is 17.7 Å². The highest BCUT2D eigenvalue weighted by Gasteiger charge is 2.33. The van der Waals surface area contributed by atoms with Gasteiger partial charge in [-0.3, -0.25) is 14.4 Å². The third-order valence-corrected chi connectivity index (χ3v) is 7.26. The van der Waals surface area contributed by atoms with E-state index in [1.54, 1.807) is 43.3 Å². The second kappa shape index (κ2) is 15.6. The molecule has 10 nitrogen and oxygen atoms in total. The van der Waals surface area contributed by atoms with Crippen LogP contribution in [0.5, 0.6) is 5.75 Å². The third kappa shape index (κ3) is 9.68. The summed E-state index contributed by atoms with van der Waals surface area (Å²) in [6, 6.07) is 11.0. The number of carbonyl (C=O) groups excluding carboxylic acids is 3. The maximum atomic E-state index is 13.5. The molecule has 10 heteroatoms. The van der Waals surface area contributed by atoms with E-state index in [2.05, 4.69) is 16.0 Å². The number of carboxylic acid groups (broad SMARTS) is 1. The lowest BCUT2D eigenvalue weighted by Gasteiger charge is -2.28. The zero-order valence-corrected chi connectivity index (χ0v) is 23.6. The molecule has 40 heavy (non-hydrogen) atoms. The molecule has 0 aliphatic carbocycles. The molecule has 0 spiro atoms. The van der Waals surface area contributed by atoms with E-state index in [0.29, 0.717) is 18.4 Å². The Labute approximate surface area is 235 Å². The number of carboxylic acids is 1. The van der Waals surface area contributed by atoms with Gasteiger partial charge in [0, 0.05) is 12.8 Å². The third-order valence-electron chi connectivity index (χ3n) is 7.26. The molecule has 0 bridgehead atoms. The quantitative estimate of drug-likeness (QED) is 0.196. The molecule has 0 aliphatic rings. The van der Waals surface area contributed by atoms with Gasteiger partial charge in [0.1, 0.15) is 23.9 Å². The Bertz CT molecular complexity index is 1120. The van der Waals surface area contributed by atoms with Gasteiger partial charge in [-0.25, -0.2) is 4.79 Å². The molecule has 7 N–H and O–H groups in total. The average Bonchev–Trinajstić information content (AvgIpc) is 2.95. The monoisotopic (exact) mass is 554 g/mol. The molecule has 0 saturated heterocycles. The van der Waals surface area contributed by atoms with Gasteiger partial charge in [0.15, 0.2) is 0 Å². The number of hydrogen-bond acceptors (Lipinski definition) is 6. The Morgan fingerprint density at radius 3 is 1.80 bits per heavy atom. The van der Waals surface area contributed by atoms with Crippen LogP contribution in [0.2, 0.25) is 0 Å². The highest BCUT2D eigenvalue weighted by Crippen LogP contribution is 2.14. The number of nitrogens with one attached hydrogen (secondary N) is 3. The van der Waals surface area contributed by atoms with Crippen LogP contribution in [0, 0.1) is 11.8 Å². The van der Waals surface area contributed by atoms with Crippen molar-refractivity contribution in [2.75, 3.05) is 0 Å². The molecule has 2 rings (SSSR count). The Morgan fingerprint density at radius 1 is 0.725 bits per heavy atom. The van der Waals surface area contributed by atoms with Crippen molar-refractivity contribution >= 4 is 23.7 Å². The van der Waals surface area contributed by atoms with E-state index < -0.39 is 47.9 Å². The van der Waals surface area contributed by atoms with Gasteiger partial charge in [-0.2, -0.15) is 0 Å². The first-order valence-corrected chi connectivity index (χ1v) is 13.7. The predicted molar refractivity (Wildman–Crippen MR) is 152 cm³/mol. The standard InChI is InChI=1S/C30H42N4O6/c1-5-18(3)25(31)28(37)32-23(16-21-12-14-22(35)15-13-21)27(36)34-26(19(4)6-2)29(38)33-24(30(39)40)17-20-10-8-7-9-11-20/h7-15,18-19,23-26,35H,5-6,16-17,31H2,1-4H3,(H,32,37)(H,33,38)(H,34,36)(H,39,40). The number of phenols is 1. The number of nitrogens with two attached hydrogens (primary N) is 1. The van der Waals surface area contributed by atoms with Gasteiger partial charge in [-0.15, -0.1) is 0 Å². The zero-order chi connectivity index (χ0) is 29.8. The van der Waals surface area contributed by atoms with E-state index in [1.165, 1.54) is 12.1 Å². The number of aromatic hydroxyl groups is 1. The topological polar surface area (TPSA) is 171 Å². The highest BCUT2D eigenvalue weighted by molar-refractivity contribution is 5.94. The fraction of sp³-hybridized carbons (Fsp3) is 0.467. The first kappa shape index (κ1) is 32.3. The van der Waals surface area contributed by atoms with Crippen LogP contribution in [0.4, 0.5) is 0 Å². The van der Waals surface area contributed by atoms with Gasteiger partial charge in [-0.05, 0) is 35.1 Å². The lowest BCUT2D eigenvalue weighted by Crippen LogP contribution is -2.59. The molecule has 3 amide bonds. The van der Waals surface area contributed by atoms with E-state index in [0.717, 1.165) is 5.56 Å². The van der Waals surface area contributed by atoms with E-state index >= 15 is 0 Å². The van der Waals surface area contributed by atoms with Crippen LogP contribution in [0.15, 0.2) is 54.6 Å². The summed E-state index contributed by atoms with van der Waals surface area (Å²) < 4.78 is 0. The maximum absolute atomic E-state index is 13.5. The minimum Gasteiger partial charge on any atom is -0.508 e. The number of hydrogen-bond donors (Lipinski definition) is 6. The SMILES string of the molecule is CCC(C)C(N)C(=O)NC(Cc1ccc(O)cc1)C(=O)NC(C(=O)NC(Cc1ccccc1)C(=O)O)C(C)CC. The Morgan fingerprint density at radius 2 is 1.25 bits per heavy atom. The van der Waals surface area contributed by atoms with Crippen LogP contribution in [-0.4, -0.2) is 58.1 Å². The smallest absolute Gasteiger partial charge is 0.326 e. The van der Waals surface area contributed by atoms with Crippen molar-refractivity contribution in [2.45, 2.75) is 77.5 Å². The summed E-state index contributed by atoms with van der Waals surface area (Å²) in [6.07, 6.45) is 1.37. The molecular formula is C30H42N4O6. The summed E-state index contributed by atoms with van der Waals surface area (Å²) in [5.41, 5.74) is 7.52. The molecule has 0 fully saturated rings. The normalized spacial score (nSPS) is 15.5. The van der Waals surface area contributed by atoms with E-state index in [-0.39, 0.29) is 30.4 Å². The van der Waals surface area contributed by atoms with Crippen LogP contribution in [0.25, 0.3) is 0 Å². The van der Waals surface area contributed by atoms with Crippen molar-refractivity contribution in [2.24, 2.45) is 17.6 Å². The van der Waals surface area contributed by atoms with Crippen molar-refractivity contribution in [3.05, 3.63) is 65.7 Å². The van der Waals surface area contributed by atoms with Gasteiger partial charge >= 0.3 is 5.97 Å². The first-order valence-electron chi connectivity index (χ1n) is 13.7. The maximum Gasteiger partial charge on any atom is 0.326 e. The van der Waals surface area contributed by atoms with Crippen molar-refractivity contribution in [1.82, 2.24) is 16.0 Å². The Hall–Kier alpha value is -3.92. The van der Waals surface area contributed by atoms with E-state index in [9.17, 15) is 29.4 Å².